The molecule has 0 aliphatic heterocycles. The van der Waals surface area contributed by atoms with E-state index in [4.69, 9.17) is 9.47 Å². The zero-order chi connectivity index (χ0) is 13.8. The number of hydrogen-bond donors (Lipinski definition) is 1. The predicted octanol–water partition coefficient (Wildman–Crippen LogP) is 1.46. The molecule has 1 unspecified atom stereocenters. The van der Waals surface area contributed by atoms with Crippen LogP contribution in [0.2, 0.25) is 0 Å². The van der Waals surface area contributed by atoms with Gasteiger partial charge in [0.1, 0.15) is 0 Å². The molecule has 0 fully saturated rings. The van der Waals surface area contributed by atoms with E-state index in [0.717, 1.165) is 51.9 Å². The van der Waals surface area contributed by atoms with Gasteiger partial charge >= 0.3 is 0 Å². The summed E-state index contributed by atoms with van der Waals surface area (Å²) < 4.78 is 10.3. The van der Waals surface area contributed by atoms with Gasteiger partial charge in [-0.05, 0) is 24.9 Å². The van der Waals surface area contributed by atoms with Crippen LogP contribution in [0.3, 0.4) is 0 Å². The van der Waals surface area contributed by atoms with Crippen molar-refractivity contribution in [2.24, 2.45) is 11.8 Å². The fourth-order valence-electron chi connectivity index (χ4n) is 1.86. The molecule has 1 N–H and O–H groups in total. The van der Waals surface area contributed by atoms with Crippen molar-refractivity contribution in [2.45, 2.75) is 20.8 Å². The third kappa shape index (κ3) is 11.0. The molecule has 0 saturated carbocycles. The highest BCUT2D eigenvalue weighted by Crippen LogP contribution is 2.00. The van der Waals surface area contributed by atoms with E-state index in [9.17, 15) is 0 Å². The summed E-state index contributed by atoms with van der Waals surface area (Å²) in [5.41, 5.74) is 0. The van der Waals surface area contributed by atoms with E-state index >= 15 is 0 Å². The highest BCUT2D eigenvalue weighted by molar-refractivity contribution is 4.65. The number of nitrogens with one attached hydrogen (secondary N) is 1. The molecule has 0 aromatic rings. The van der Waals surface area contributed by atoms with Gasteiger partial charge in [-0.25, -0.2) is 0 Å². The second-order valence-corrected chi connectivity index (χ2v) is 5.44. The Morgan fingerprint density at radius 3 is 1.94 bits per heavy atom. The van der Waals surface area contributed by atoms with Crippen molar-refractivity contribution in [3.8, 4) is 0 Å². The average molecular weight is 260 g/mol. The molecule has 0 aromatic heterocycles. The first-order valence-corrected chi connectivity index (χ1v) is 7.01. The normalized spacial score (nSPS) is 13.5. The summed E-state index contributed by atoms with van der Waals surface area (Å²) in [7, 11) is 3.50. The fourth-order valence-corrected chi connectivity index (χ4v) is 1.86. The summed E-state index contributed by atoms with van der Waals surface area (Å²) in [6.45, 7) is 13.6. The molecule has 0 rings (SSSR count). The van der Waals surface area contributed by atoms with Gasteiger partial charge in [-0.3, -0.25) is 4.90 Å². The molecule has 0 heterocycles. The number of rotatable bonds is 12. The van der Waals surface area contributed by atoms with Gasteiger partial charge < -0.3 is 14.8 Å². The summed E-state index contributed by atoms with van der Waals surface area (Å²) >= 11 is 0. The standard InChI is InChI=1S/C14H32N2O2/c1-13(2)10-15-11-14(3)12-16(6-8-17-4)7-9-18-5/h13-15H,6-12H2,1-5H3. The molecule has 0 amide bonds. The maximum absolute atomic E-state index is 5.15. The van der Waals surface area contributed by atoms with E-state index < -0.39 is 0 Å². The Bertz CT molecular complexity index is 169. The second kappa shape index (κ2) is 11.9. The molecular weight excluding hydrogens is 228 g/mol. The molecular formula is C14H32N2O2. The Morgan fingerprint density at radius 2 is 1.50 bits per heavy atom. The maximum Gasteiger partial charge on any atom is 0.0589 e. The molecule has 0 radical (unpaired) electrons. The Balaban J connectivity index is 3.81. The fraction of sp³-hybridized carbons (Fsp3) is 1.00. The molecule has 110 valence electrons. The van der Waals surface area contributed by atoms with E-state index in [2.05, 4.69) is 31.0 Å². The molecule has 4 heteroatoms. The van der Waals surface area contributed by atoms with Gasteiger partial charge in [-0.2, -0.15) is 0 Å². The van der Waals surface area contributed by atoms with Gasteiger partial charge in [0, 0.05) is 33.9 Å². The molecule has 0 bridgehead atoms. The first-order chi connectivity index (χ1) is 8.60. The lowest BCUT2D eigenvalue weighted by molar-refractivity contribution is 0.105. The minimum atomic E-state index is 0.650. The maximum atomic E-state index is 5.15. The number of nitrogens with zero attached hydrogens (tertiary/aromatic N) is 1. The first kappa shape index (κ1) is 17.8. The zero-order valence-corrected chi connectivity index (χ0v) is 12.9. The topological polar surface area (TPSA) is 33.7 Å². The van der Waals surface area contributed by atoms with E-state index in [1.54, 1.807) is 14.2 Å². The summed E-state index contributed by atoms with van der Waals surface area (Å²) in [6.07, 6.45) is 0. The Hall–Kier alpha value is -0.160. The SMILES string of the molecule is COCCN(CCOC)CC(C)CNCC(C)C. The van der Waals surface area contributed by atoms with Crippen molar-refractivity contribution in [1.82, 2.24) is 10.2 Å². The summed E-state index contributed by atoms with van der Waals surface area (Å²) in [5, 5.41) is 3.51. The van der Waals surface area contributed by atoms with Gasteiger partial charge in [0.2, 0.25) is 0 Å². The van der Waals surface area contributed by atoms with Crippen LogP contribution in [0.25, 0.3) is 0 Å². The van der Waals surface area contributed by atoms with Crippen LogP contribution in [-0.2, 0) is 9.47 Å². The van der Waals surface area contributed by atoms with Gasteiger partial charge in [-0.1, -0.05) is 20.8 Å². The molecule has 0 saturated heterocycles. The first-order valence-electron chi connectivity index (χ1n) is 7.01. The number of hydrogen-bond acceptors (Lipinski definition) is 4. The van der Waals surface area contributed by atoms with Gasteiger partial charge in [0.15, 0.2) is 0 Å². The van der Waals surface area contributed by atoms with Crippen molar-refractivity contribution in [2.75, 3.05) is 60.2 Å². The molecule has 1 atom stereocenters. The molecule has 0 aliphatic rings. The molecule has 0 spiro atoms. The van der Waals surface area contributed by atoms with E-state index in [1.165, 1.54) is 0 Å². The van der Waals surface area contributed by atoms with Crippen LogP contribution in [0.4, 0.5) is 0 Å². The van der Waals surface area contributed by atoms with Crippen LogP contribution in [0, 0.1) is 11.8 Å². The van der Waals surface area contributed by atoms with Crippen LogP contribution in [0.5, 0.6) is 0 Å². The van der Waals surface area contributed by atoms with Crippen molar-refractivity contribution in [3.05, 3.63) is 0 Å². The van der Waals surface area contributed by atoms with Crippen LogP contribution < -0.4 is 5.32 Å². The lowest BCUT2D eigenvalue weighted by Gasteiger charge is -2.25. The second-order valence-electron chi connectivity index (χ2n) is 5.44. The third-order valence-electron chi connectivity index (χ3n) is 2.84. The van der Waals surface area contributed by atoms with Gasteiger partial charge in [0.05, 0.1) is 13.2 Å². The summed E-state index contributed by atoms with van der Waals surface area (Å²) in [6, 6.07) is 0. The van der Waals surface area contributed by atoms with Crippen molar-refractivity contribution in [1.29, 1.82) is 0 Å². The Morgan fingerprint density at radius 1 is 0.944 bits per heavy atom. The van der Waals surface area contributed by atoms with Crippen LogP contribution in [0.1, 0.15) is 20.8 Å². The lowest BCUT2D eigenvalue weighted by Crippen LogP contribution is -2.37. The Labute approximate surface area is 113 Å². The van der Waals surface area contributed by atoms with E-state index in [0.29, 0.717) is 5.92 Å². The average Bonchev–Trinajstić information content (AvgIpc) is 2.32. The molecule has 18 heavy (non-hydrogen) atoms. The predicted molar refractivity (Wildman–Crippen MR) is 77.1 cm³/mol. The summed E-state index contributed by atoms with van der Waals surface area (Å²) in [5.74, 6) is 1.37. The monoisotopic (exact) mass is 260 g/mol. The lowest BCUT2D eigenvalue weighted by atomic mass is 10.1. The molecule has 0 aliphatic carbocycles. The van der Waals surface area contributed by atoms with Crippen LogP contribution >= 0.6 is 0 Å². The number of ether oxygens (including phenoxy) is 2. The molecule has 0 aromatic carbocycles. The van der Waals surface area contributed by atoms with Crippen molar-refractivity contribution >= 4 is 0 Å². The highest BCUT2D eigenvalue weighted by atomic mass is 16.5. The van der Waals surface area contributed by atoms with Crippen molar-refractivity contribution < 1.29 is 9.47 Å². The van der Waals surface area contributed by atoms with Crippen LogP contribution in [0.15, 0.2) is 0 Å². The van der Waals surface area contributed by atoms with Gasteiger partial charge in [0.25, 0.3) is 0 Å². The third-order valence-corrected chi connectivity index (χ3v) is 2.84. The van der Waals surface area contributed by atoms with Crippen LogP contribution in [-0.4, -0.2) is 65.1 Å². The minimum absolute atomic E-state index is 0.650. The minimum Gasteiger partial charge on any atom is -0.383 e. The summed E-state index contributed by atoms with van der Waals surface area (Å²) in [4.78, 5) is 2.41. The largest absolute Gasteiger partial charge is 0.383 e. The van der Waals surface area contributed by atoms with E-state index in [1.807, 2.05) is 0 Å². The highest BCUT2D eigenvalue weighted by Gasteiger charge is 2.10. The Kier molecular flexibility index (Phi) is 11.8. The van der Waals surface area contributed by atoms with Crippen molar-refractivity contribution in [3.63, 3.8) is 0 Å². The zero-order valence-electron chi connectivity index (χ0n) is 12.9. The smallest absolute Gasteiger partial charge is 0.0589 e. The van der Waals surface area contributed by atoms with Gasteiger partial charge in [-0.15, -0.1) is 0 Å². The molecule has 4 nitrogen and oxygen atoms in total. The number of methoxy groups -OCH3 is 2. The van der Waals surface area contributed by atoms with E-state index in [-0.39, 0.29) is 0 Å². The quantitative estimate of drug-likeness (QED) is 0.576.